The van der Waals surface area contributed by atoms with Crippen LogP contribution in [-0.2, 0) is 0 Å². The summed E-state index contributed by atoms with van der Waals surface area (Å²) in [5.74, 6) is 0.558. The fraction of sp³-hybridized carbons (Fsp3) is 0.0833. The first-order valence-corrected chi connectivity index (χ1v) is 4.70. The Bertz CT molecular complexity index is 451. The topological polar surface area (TPSA) is 24.9 Å². The molecule has 0 fully saturated rings. The van der Waals surface area contributed by atoms with Crippen molar-refractivity contribution in [3.63, 3.8) is 0 Å². The molecule has 3 heteroatoms. The van der Waals surface area contributed by atoms with Crippen LogP contribution in [0.25, 0.3) is 0 Å². The molecule has 1 aromatic heterocycles. The van der Waals surface area contributed by atoms with Crippen molar-refractivity contribution >= 4 is 11.5 Å². The Morgan fingerprint density at radius 2 is 1.87 bits per heavy atom. The monoisotopic (exact) mass is 202 g/mol. The number of rotatable bonds is 2. The molecule has 2 nitrogen and oxygen atoms in total. The van der Waals surface area contributed by atoms with E-state index in [1.54, 1.807) is 18.3 Å². The van der Waals surface area contributed by atoms with Crippen LogP contribution in [0, 0.1) is 12.7 Å². The fourth-order valence-corrected chi connectivity index (χ4v) is 1.29. The Labute approximate surface area is 87.8 Å². The largest absolute Gasteiger partial charge is 0.340 e. The minimum Gasteiger partial charge on any atom is -0.340 e. The Morgan fingerprint density at radius 3 is 2.53 bits per heavy atom. The lowest BCUT2D eigenvalue weighted by atomic mass is 10.2. The normalized spacial score (nSPS) is 10.0. The summed E-state index contributed by atoms with van der Waals surface area (Å²) in [6, 6.07) is 10.1. The van der Waals surface area contributed by atoms with Crippen LogP contribution in [0.2, 0.25) is 0 Å². The average molecular weight is 202 g/mol. The maximum atomic E-state index is 12.7. The molecule has 0 aliphatic carbocycles. The van der Waals surface area contributed by atoms with Gasteiger partial charge < -0.3 is 5.32 Å². The molecule has 1 N–H and O–H groups in total. The number of hydrogen-bond donors (Lipinski definition) is 1. The van der Waals surface area contributed by atoms with Crippen molar-refractivity contribution in [1.29, 1.82) is 0 Å². The van der Waals surface area contributed by atoms with Gasteiger partial charge in [-0.1, -0.05) is 6.07 Å². The highest BCUT2D eigenvalue weighted by molar-refractivity contribution is 5.58. The first-order chi connectivity index (χ1) is 7.25. The van der Waals surface area contributed by atoms with Crippen LogP contribution in [0.3, 0.4) is 0 Å². The van der Waals surface area contributed by atoms with Gasteiger partial charge >= 0.3 is 0 Å². The molecular weight excluding hydrogens is 191 g/mol. The van der Waals surface area contributed by atoms with Crippen LogP contribution < -0.4 is 5.32 Å². The quantitative estimate of drug-likeness (QED) is 0.808. The number of benzene rings is 1. The summed E-state index contributed by atoms with van der Waals surface area (Å²) in [6.45, 7) is 1.97. The van der Waals surface area contributed by atoms with Crippen LogP contribution in [0.4, 0.5) is 15.9 Å². The Morgan fingerprint density at radius 1 is 1.13 bits per heavy atom. The summed E-state index contributed by atoms with van der Waals surface area (Å²) in [5.41, 5.74) is 1.89. The van der Waals surface area contributed by atoms with Crippen LogP contribution in [-0.4, -0.2) is 4.98 Å². The number of aryl methyl sites for hydroxylation is 1. The second-order valence-electron chi connectivity index (χ2n) is 3.30. The van der Waals surface area contributed by atoms with Crippen LogP contribution in [0.5, 0.6) is 0 Å². The molecule has 0 saturated carbocycles. The third-order valence-corrected chi connectivity index (χ3v) is 2.12. The van der Waals surface area contributed by atoms with E-state index in [0.29, 0.717) is 0 Å². The highest BCUT2D eigenvalue weighted by Crippen LogP contribution is 2.17. The van der Waals surface area contributed by atoms with E-state index in [9.17, 15) is 4.39 Å². The number of hydrogen-bond acceptors (Lipinski definition) is 2. The first kappa shape index (κ1) is 9.65. The zero-order chi connectivity index (χ0) is 10.7. The van der Waals surface area contributed by atoms with Crippen LogP contribution >= 0.6 is 0 Å². The zero-order valence-corrected chi connectivity index (χ0v) is 8.37. The average Bonchev–Trinajstić information content (AvgIpc) is 2.25. The lowest BCUT2D eigenvalue weighted by Crippen LogP contribution is -1.95. The fourth-order valence-electron chi connectivity index (χ4n) is 1.29. The lowest BCUT2D eigenvalue weighted by molar-refractivity contribution is 0.628. The molecule has 1 heterocycles. The van der Waals surface area contributed by atoms with E-state index in [0.717, 1.165) is 17.1 Å². The molecule has 2 rings (SSSR count). The van der Waals surface area contributed by atoms with Gasteiger partial charge in [0.25, 0.3) is 0 Å². The van der Waals surface area contributed by atoms with Crippen molar-refractivity contribution in [2.75, 3.05) is 5.32 Å². The number of nitrogens with one attached hydrogen (secondary N) is 1. The predicted octanol–water partition coefficient (Wildman–Crippen LogP) is 3.27. The first-order valence-electron chi connectivity index (χ1n) is 4.70. The Hall–Kier alpha value is -1.90. The number of pyridine rings is 1. The molecule has 2 aromatic rings. The SMILES string of the molecule is Cc1cccnc1Nc1ccc(F)cc1. The standard InChI is InChI=1S/C12H11FN2/c1-9-3-2-8-14-12(9)15-11-6-4-10(13)5-7-11/h2-8H,1H3,(H,14,15). The summed E-state index contributed by atoms with van der Waals surface area (Å²) < 4.78 is 12.7. The maximum Gasteiger partial charge on any atom is 0.133 e. The summed E-state index contributed by atoms with van der Waals surface area (Å²) in [5, 5.41) is 3.12. The third kappa shape index (κ3) is 2.31. The number of aromatic nitrogens is 1. The summed E-state index contributed by atoms with van der Waals surface area (Å²) in [6.07, 6.45) is 1.72. The Balaban J connectivity index is 2.22. The van der Waals surface area contributed by atoms with Gasteiger partial charge in [0.05, 0.1) is 0 Å². The highest BCUT2D eigenvalue weighted by Gasteiger charge is 1.98. The highest BCUT2D eigenvalue weighted by atomic mass is 19.1. The predicted molar refractivity (Wildman–Crippen MR) is 58.7 cm³/mol. The molecule has 0 spiro atoms. The van der Waals surface area contributed by atoms with Gasteiger partial charge in [0.2, 0.25) is 0 Å². The van der Waals surface area contributed by atoms with Crippen molar-refractivity contribution < 1.29 is 4.39 Å². The molecule has 0 aliphatic rings. The van der Waals surface area contributed by atoms with Crippen molar-refractivity contribution in [2.45, 2.75) is 6.92 Å². The van der Waals surface area contributed by atoms with Gasteiger partial charge in [-0.25, -0.2) is 9.37 Å². The van der Waals surface area contributed by atoms with E-state index in [-0.39, 0.29) is 5.82 Å². The van der Waals surface area contributed by atoms with Crippen molar-refractivity contribution in [2.24, 2.45) is 0 Å². The molecule has 0 saturated heterocycles. The lowest BCUT2D eigenvalue weighted by Gasteiger charge is -2.07. The second kappa shape index (κ2) is 4.09. The molecule has 0 atom stereocenters. The summed E-state index contributed by atoms with van der Waals surface area (Å²) in [4.78, 5) is 4.19. The van der Waals surface area contributed by atoms with Gasteiger partial charge in [-0.2, -0.15) is 0 Å². The number of nitrogens with zero attached hydrogens (tertiary/aromatic N) is 1. The molecule has 0 radical (unpaired) electrons. The molecule has 0 bridgehead atoms. The Kier molecular flexibility index (Phi) is 2.63. The van der Waals surface area contributed by atoms with Gasteiger partial charge in [-0.15, -0.1) is 0 Å². The van der Waals surface area contributed by atoms with Crippen molar-refractivity contribution in [3.8, 4) is 0 Å². The van der Waals surface area contributed by atoms with Gasteiger partial charge in [0.1, 0.15) is 11.6 Å². The van der Waals surface area contributed by atoms with E-state index in [1.165, 1.54) is 12.1 Å². The number of anilines is 2. The van der Waals surface area contributed by atoms with E-state index >= 15 is 0 Å². The third-order valence-electron chi connectivity index (χ3n) is 2.12. The molecule has 0 aliphatic heterocycles. The van der Waals surface area contributed by atoms with Crippen LogP contribution in [0.1, 0.15) is 5.56 Å². The smallest absolute Gasteiger partial charge is 0.133 e. The number of halogens is 1. The van der Waals surface area contributed by atoms with Crippen molar-refractivity contribution in [1.82, 2.24) is 4.98 Å². The van der Waals surface area contributed by atoms with Gasteiger partial charge in [-0.3, -0.25) is 0 Å². The van der Waals surface area contributed by atoms with E-state index in [4.69, 9.17) is 0 Å². The minimum absolute atomic E-state index is 0.238. The summed E-state index contributed by atoms with van der Waals surface area (Å²) >= 11 is 0. The van der Waals surface area contributed by atoms with Crippen LogP contribution in [0.15, 0.2) is 42.6 Å². The molecule has 76 valence electrons. The molecule has 0 unspecified atom stereocenters. The van der Waals surface area contributed by atoms with Gasteiger partial charge in [0.15, 0.2) is 0 Å². The maximum absolute atomic E-state index is 12.7. The van der Waals surface area contributed by atoms with E-state index < -0.39 is 0 Å². The van der Waals surface area contributed by atoms with Gasteiger partial charge in [0, 0.05) is 11.9 Å². The zero-order valence-electron chi connectivity index (χ0n) is 8.37. The molecule has 0 amide bonds. The second-order valence-corrected chi connectivity index (χ2v) is 3.30. The van der Waals surface area contributed by atoms with E-state index in [1.807, 2.05) is 19.1 Å². The molecule has 15 heavy (non-hydrogen) atoms. The van der Waals surface area contributed by atoms with Gasteiger partial charge in [-0.05, 0) is 42.8 Å². The minimum atomic E-state index is -0.238. The molecular formula is C12H11FN2. The molecule has 1 aromatic carbocycles. The van der Waals surface area contributed by atoms with Crippen molar-refractivity contribution in [3.05, 3.63) is 54.0 Å². The van der Waals surface area contributed by atoms with E-state index in [2.05, 4.69) is 10.3 Å². The summed E-state index contributed by atoms with van der Waals surface area (Å²) in [7, 11) is 0.